The second-order valence-electron chi connectivity index (χ2n) is 11.2. The number of aliphatic hydroxyl groups excluding tert-OH is 2. The summed E-state index contributed by atoms with van der Waals surface area (Å²) in [6.07, 6.45) is 11.1. The first-order valence-corrected chi connectivity index (χ1v) is 15.8. The minimum Gasteiger partial charge on any atom is -0.493 e. The molecule has 0 radical (unpaired) electrons. The SMILES string of the molecule is CCCCCCCCc1cccc(C2=CC(C)=C(c3cccc(C)c3)[N+]2=[N-])c1.OCc1ccccc1.OCc1ccccc1.[Ni]. The van der Waals surface area contributed by atoms with Crippen LogP contribution in [0, 0.1) is 6.92 Å². The van der Waals surface area contributed by atoms with Crippen molar-refractivity contribution in [2.75, 3.05) is 0 Å². The molecule has 0 atom stereocenters. The summed E-state index contributed by atoms with van der Waals surface area (Å²) in [5, 5.41) is 17.1. The van der Waals surface area contributed by atoms with Crippen LogP contribution in [0.2, 0.25) is 0 Å². The smallest absolute Gasteiger partial charge is 0.210 e. The van der Waals surface area contributed by atoms with Gasteiger partial charge >= 0.3 is 0 Å². The van der Waals surface area contributed by atoms with Gasteiger partial charge in [-0.25, -0.2) is 4.70 Å². The van der Waals surface area contributed by atoms with E-state index < -0.39 is 0 Å². The number of unbranched alkanes of at least 4 members (excludes halogenated alkanes) is 5. The largest absolute Gasteiger partial charge is 0.493 e. The Kier molecular flexibility index (Phi) is 17.7. The van der Waals surface area contributed by atoms with Gasteiger partial charge in [0.25, 0.3) is 0 Å². The zero-order valence-corrected chi connectivity index (χ0v) is 27.9. The molecule has 0 spiro atoms. The third-order valence-electron chi connectivity index (χ3n) is 7.55. The van der Waals surface area contributed by atoms with Crippen molar-refractivity contribution in [3.63, 3.8) is 0 Å². The Hall–Kier alpha value is -3.63. The van der Waals surface area contributed by atoms with Crippen LogP contribution in [0.15, 0.2) is 121 Å². The standard InChI is InChI=1S/C26H32N2.2C7H8O.Ni/c1-4-5-6-7-8-9-13-22-14-11-15-23(19-22)25-18-21(3)26(28(25)27)24-16-10-12-20(2)17-24;2*8-6-7-4-2-1-3-5-7;/h10-12,14-19H,4-9,13H2,1-3H3;2*1-5,8H,6H2;. The molecule has 2 N–H and O–H groups in total. The fourth-order valence-corrected chi connectivity index (χ4v) is 5.13. The minimum atomic E-state index is 0. The van der Waals surface area contributed by atoms with Gasteiger partial charge in [-0.2, -0.15) is 0 Å². The first kappa shape index (κ1) is 37.6. The van der Waals surface area contributed by atoms with Crippen LogP contribution in [0.5, 0.6) is 0 Å². The molecule has 240 valence electrons. The predicted octanol–water partition coefficient (Wildman–Crippen LogP) is 10.1. The summed E-state index contributed by atoms with van der Waals surface area (Å²) in [4.78, 5) is 0. The molecule has 0 unspecified atom stereocenters. The van der Waals surface area contributed by atoms with E-state index in [1.54, 1.807) is 0 Å². The van der Waals surface area contributed by atoms with Crippen molar-refractivity contribution < 1.29 is 31.4 Å². The molecule has 4 nitrogen and oxygen atoms in total. The minimum absolute atomic E-state index is 0. The summed E-state index contributed by atoms with van der Waals surface area (Å²) < 4.78 is 1.36. The van der Waals surface area contributed by atoms with Crippen molar-refractivity contribution >= 4 is 11.4 Å². The Morgan fingerprint density at radius 3 is 1.69 bits per heavy atom. The molecule has 45 heavy (non-hydrogen) atoms. The van der Waals surface area contributed by atoms with Crippen molar-refractivity contribution in [1.29, 1.82) is 0 Å². The van der Waals surface area contributed by atoms with Gasteiger partial charge in [-0.3, -0.25) is 0 Å². The first-order valence-electron chi connectivity index (χ1n) is 15.8. The molecule has 1 heterocycles. The molecule has 5 rings (SSSR count). The third kappa shape index (κ3) is 12.7. The monoisotopic (exact) mass is 646 g/mol. The van der Waals surface area contributed by atoms with Gasteiger partial charge < -0.3 is 15.7 Å². The van der Waals surface area contributed by atoms with Crippen molar-refractivity contribution in [2.24, 2.45) is 0 Å². The van der Waals surface area contributed by atoms with Crippen LogP contribution in [0.4, 0.5) is 0 Å². The molecule has 0 amide bonds. The van der Waals surface area contributed by atoms with Crippen LogP contribution in [0.25, 0.3) is 16.9 Å². The Morgan fingerprint density at radius 2 is 1.13 bits per heavy atom. The average Bonchev–Trinajstić information content (AvgIpc) is 3.37. The summed E-state index contributed by atoms with van der Waals surface area (Å²) in [6.45, 7) is 6.68. The van der Waals surface area contributed by atoms with Crippen LogP contribution in [0.3, 0.4) is 0 Å². The molecule has 0 saturated heterocycles. The fraction of sp³-hybridized carbons (Fsp3) is 0.300. The summed E-state index contributed by atoms with van der Waals surface area (Å²) >= 11 is 0. The molecule has 5 heteroatoms. The fourth-order valence-electron chi connectivity index (χ4n) is 5.13. The van der Waals surface area contributed by atoms with Crippen molar-refractivity contribution in [1.82, 2.24) is 0 Å². The third-order valence-corrected chi connectivity index (χ3v) is 7.55. The van der Waals surface area contributed by atoms with Crippen molar-refractivity contribution in [3.05, 3.63) is 160 Å². The maximum Gasteiger partial charge on any atom is 0.210 e. The Labute approximate surface area is 280 Å². The average molecular weight is 648 g/mol. The van der Waals surface area contributed by atoms with Gasteiger partial charge in [0.15, 0.2) is 0 Å². The van der Waals surface area contributed by atoms with E-state index in [1.165, 1.54) is 54.3 Å². The predicted molar refractivity (Wildman–Crippen MR) is 184 cm³/mol. The summed E-state index contributed by atoms with van der Waals surface area (Å²) in [7, 11) is 0. The molecular weight excluding hydrogens is 599 g/mol. The van der Waals surface area contributed by atoms with E-state index in [0.29, 0.717) is 0 Å². The van der Waals surface area contributed by atoms with Gasteiger partial charge in [0, 0.05) is 39.3 Å². The molecule has 4 aromatic rings. The van der Waals surface area contributed by atoms with Gasteiger partial charge in [0.1, 0.15) is 0 Å². The van der Waals surface area contributed by atoms with Gasteiger partial charge in [0.05, 0.1) is 13.2 Å². The second kappa shape index (κ2) is 21.2. The van der Waals surface area contributed by atoms with Crippen LogP contribution in [0.1, 0.15) is 85.8 Å². The summed E-state index contributed by atoms with van der Waals surface area (Å²) in [5.41, 5.74) is 20.3. The van der Waals surface area contributed by atoms with E-state index in [0.717, 1.165) is 45.6 Å². The molecular formula is C40H48N2NiO2. The molecule has 1 aliphatic rings. The van der Waals surface area contributed by atoms with Crippen molar-refractivity contribution in [3.8, 4) is 0 Å². The summed E-state index contributed by atoms with van der Waals surface area (Å²) in [6, 6.07) is 36.0. The molecule has 0 aromatic heterocycles. The number of rotatable bonds is 11. The van der Waals surface area contributed by atoms with E-state index in [4.69, 9.17) is 10.2 Å². The summed E-state index contributed by atoms with van der Waals surface area (Å²) in [5.74, 6) is 0. The zero-order valence-electron chi connectivity index (χ0n) is 26.9. The Morgan fingerprint density at radius 1 is 0.600 bits per heavy atom. The maximum absolute atomic E-state index is 10.9. The quantitative estimate of drug-likeness (QED) is 0.0967. The van der Waals surface area contributed by atoms with Crippen LogP contribution < -0.4 is 0 Å². The Balaban J connectivity index is 0.000000337. The van der Waals surface area contributed by atoms with Gasteiger partial charge in [-0.15, -0.1) is 0 Å². The molecule has 4 aromatic carbocycles. The van der Waals surface area contributed by atoms with Crippen LogP contribution >= 0.6 is 0 Å². The van der Waals surface area contributed by atoms with E-state index in [2.05, 4.69) is 69.3 Å². The van der Waals surface area contributed by atoms with Gasteiger partial charge in [-0.1, -0.05) is 130 Å². The topological polar surface area (TPSA) is 65.8 Å². The second-order valence-corrected chi connectivity index (χ2v) is 11.2. The molecule has 1 aliphatic heterocycles. The number of nitrogens with zero attached hydrogens (tertiary/aromatic N) is 2. The Bertz CT molecular complexity index is 1460. The maximum atomic E-state index is 10.9. The van der Waals surface area contributed by atoms with E-state index in [9.17, 15) is 5.53 Å². The van der Waals surface area contributed by atoms with Crippen molar-refractivity contribution in [2.45, 2.75) is 78.9 Å². The van der Waals surface area contributed by atoms with Crippen LogP contribution in [-0.2, 0) is 36.1 Å². The normalized spacial score (nSPS) is 11.9. The number of hydrogen-bond donors (Lipinski definition) is 2. The molecule has 0 aliphatic carbocycles. The van der Waals surface area contributed by atoms with Gasteiger partial charge in [-0.05, 0) is 67.6 Å². The number of benzene rings is 4. The van der Waals surface area contributed by atoms with E-state index in [1.807, 2.05) is 66.7 Å². The van der Waals surface area contributed by atoms with E-state index >= 15 is 0 Å². The zero-order chi connectivity index (χ0) is 31.6. The first-order chi connectivity index (χ1) is 21.5. The number of allylic oxidation sites excluding steroid dienone is 2. The molecule has 0 saturated carbocycles. The molecule has 0 fully saturated rings. The number of hydrogen-bond acceptors (Lipinski definition) is 2. The number of aliphatic hydroxyl groups is 2. The van der Waals surface area contributed by atoms with Crippen LogP contribution in [-0.4, -0.2) is 14.9 Å². The molecule has 0 bridgehead atoms. The number of aryl methyl sites for hydroxylation is 2. The van der Waals surface area contributed by atoms with E-state index in [-0.39, 0.29) is 29.7 Å². The van der Waals surface area contributed by atoms with Gasteiger partial charge in [0.2, 0.25) is 11.4 Å².